The summed E-state index contributed by atoms with van der Waals surface area (Å²) in [5.74, 6) is -1.16. The van der Waals surface area contributed by atoms with Crippen LogP contribution in [0, 0.1) is 11.6 Å². The molecule has 0 heterocycles. The van der Waals surface area contributed by atoms with Gasteiger partial charge in [0.15, 0.2) is 0 Å². The first kappa shape index (κ1) is 22.2. The number of ether oxygens (including phenoxy) is 1. The van der Waals surface area contributed by atoms with Crippen LogP contribution in [0.1, 0.15) is 12.8 Å². The molecular formula is C28H27F2OP. The minimum atomic E-state index is -2.25. The van der Waals surface area contributed by atoms with E-state index in [9.17, 15) is 8.78 Å². The third-order valence-corrected chi connectivity index (χ3v) is 11.0. The Balaban J connectivity index is 1.58. The fourth-order valence-electron chi connectivity index (χ4n) is 4.37. The topological polar surface area (TPSA) is 9.23 Å². The van der Waals surface area contributed by atoms with Crippen LogP contribution in [-0.2, 0) is 0 Å². The average molecular weight is 448 g/mol. The number of unbranched alkanes of at least 4 members (excludes halogenated alkanes) is 1. The molecular weight excluding hydrogens is 421 g/mol. The summed E-state index contributed by atoms with van der Waals surface area (Å²) in [5.41, 5.74) is 0. The molecule has 1 nitrogen and oxygen atoms in total. The van der Waals surface area contributed by atoms with Crippen molar-refractivity contribution in [3.8, 4) is 5.75 Å². The first-order valence-corrected chi connectivity index (χ1v) is 13.2. The summed E-state index contributed by atoms with van der Waals surface area (Å²) in [6.07, 6.45) is 2.74. The van der Waals surface area contributed by atoms with Gasteiger partial charge in [-0.05, 0) is 0 Å². The van der Waals surface area contributed by atoms with Crippen molar-refractivity contribution in [2.75, 3.05) is 12.8 Å². The predicted molar refractivity (Wildman–Crippen MR) is 132 cm³/mol. The Morgan fingerprint density at radius 3 is 1.56 bits per heavy atom. The van der Waals surface area contributed by atoms with Gasteiger partial charge < -0.3 is 0 Å². The minimum absolute atomic E-state index is 0.101. The molecule has 0 amide bonds. The normalized spacial score (nSPS) is 11.8. The summed E-state index contributed by atoms with van der Waals surface area (Å²) < 4.78 is 32.6. The number of hydrogen-bond acceptors (Lipinski definition) is 1. The number of benzene rings is 4. The molecule has 0 N–H and O–H groups in total. The summed E-state index contributed by atoms with van der Waals surface area (Å²) in [6, 6.07) is 35.8. The molecule has 0 fully saturated rings. The molecule has 0 radical (unpaired) electrons. The second-order valence-electron chi connectivity index (χ2n) is 7.88. The molecule has 0 unspecified atom stereocenters. The molecule has 0 aromatic heterocycles. The predicted octanol–water partition coefficient (Wildman–Crippen LogP) is 5.85. The number of halogens is 2. The van der Waals surface area contributed by atoms with Crippen molar-refractivity contribution in [3.05, 3.63) is 121 Å². The summed E-state index contributed by atoms with van der Waals surface area (Å²) in [6.45, 7) is 0.394. The Morgan fingerprint density at radius 1 is 0.594 bits per heavy atom. The van der Waals surface area contributed by atoms with Gasteiger partial charge in [0.25, 0.3) is 0 Å². The van der Waals surface area contributed by atoms with Crippen molar-refractivity contribution in [1.29, 1.82) is 0 Å². The SMILES string of the molecule is Fc1ccc(OCCCC[PH](c2ccccc2)(c2ccccc2)c2ccccc2)c(F)c1. The molecule has 0 atom stereocenters. The first-order valence-electron chi connectivity index (χ1n) is 10.9. The van der Waals surface area contributed by atoms with E-state index in [2.05, 4.69) is 91.0 Å². The second-order valence-corrected chi connectivity index (χ2v) is 11.9. The molecule has 0 bridgehead atoms. The third kappa shape index (κ3) is 4.89. The molecule has 4 heteroatoms. The Morgan fingerprint density at radius 2 is 1.09 bits per heavy atom. The van der Waals surface area contributed by atoms with Gasteiger partial charge in [0.2, 0.25) is 0 Å². The molecule has 164 valence electrons. The van der Waals surface area contributed by atoms with E-state index in [-0.39, 0.29) is 5.75 Å². The van der Waals surface area contributed by atoms with Crippen LogP contribution < -0.4 is 20.7 Å². The Kier molecular flexibility index (Phi) is 7.29. The molecule has 0 saturated heterocycles. The zero-order valence-corrected chi connectivity index (χ0v) is 18.9. The quantitative estimate of drug-likeness (QED) is 0.231. The molecule has 4 aromatic rings. The van der Waals surface area contributed by atoms with E-state index < -0.39 is 18.9 Å². The fraction of sp³-hybridized carbons (Fsp3) is 0.143. The Labute approximate surface area is 189 Å². The van der Waals surface area contributed by atoms with Crippen molar-refractivity contribution in [3.63, 3.8) is 0 Å². The van der Waals surface area contributed by atoms with Crippen LogP contribution in [0.15, 0.2) is 109 Å². The first-order chi connectivity index (χ1) is 15.7. The Hall–Kier alpha value is -3.03. The van der Waals surface area contributed by atoms with Gasteiger partial charge in [0.1, 0.15) is 0 Å². The maximum atomic E-state index is 13.9. The average Bonchev–Trinajstić information content (AvgIpc) is 2.84. The maximum absolute atomic E-state index is 13.9. The van der Waals surface area contributed by atoms with Gasteiger partial charge in [-0.3, -0.25) is 0 Å². The van der Waals surface area contributed by atoms with Gasteiger partial charge in [0, 0.05) is 0 Å². The van der Waals surface area contributed by atoms with Gasteiger partial charge in [-0.15, -0.1) is 0 Å². The van der Waals surface area contributed by atoms with Crippen LogP contribution in [0.3, 0.4) is 0 Å². The van der Waals surface area contributed by atoms with Crippen LogP contribution in [0.4, 0.5) is 8.78 Å². The van der Waals surface area contributed by atoms with E-state index in [0.29, 0.717) is 6.61 Å². The van der Waals surface area contributed by atoms with Gasteiger partial charge in [-0.1, -0.05) is 0 Å². The molecule has 4 aromatic carbocycles. The van der Waals surface area contributed by atoms with E-state index in [1.54, 1.807) is 0 Å². The Bertz CT molecular complexity index is 1020. The molecule has 0 aliphatic carbocycles. The van der Waals surface area contributed by atoms with Crippen molar-refractivity contribution in [1.82, 2.24) is 0 Å². The second kappa shape index (κ2) is 10.5. The van der Waals surface area contributed by atoms with Gasteiger partial charge >= 0.3 is 189 Å². The van der Waals surface area contributed by atoms with Crippen molar-refractivity contribution < 1.29 is 13.5 Å². The van der Waals surface area contributed by atoms with Crippen LogP contribution in [0.25, 0.3) is 0 Å². The van der Waals surface area contributed by atoms with Crippen LogP contribution in [0.5, 0.6) is 5.75 Å². The van der Waals surface area contributed by atoms with Crippen molar-refractivity contribution in [2.45, 2.75) is 12.8 Å². The van der Waals surface area contributed by atoms with Crippen LogP contribution >= 0.6 is 7.26 Å². The summed E-state index contributed by atoms with van der Waals surface area (Å²) >= 11 is 0. The van der Waals surface area contributed by atoms with E-state index in [1.165, 1.54) is 28.0 Å². The molecule has 0 saturated carbocycles. The van der Waals surface area contributed by atoms with E-state index >= 15 is 0 Å². The van der Waals surface area contributed by atoms with Crippen molar-refractivity contribution in [2.24, 2.45) is 0 Å². The number of rotatable bonds is 9. The van der Waals surface area contributed by atoms with Gasteiger partial charge in [-0.25, -0.2) is 0 Å². The summed E-state index contributed by atoms with van der Waals surface area (Å²) in [5, 5.41) is 4.13. The van der Waals surface area contributed by atoms with Crippen molar-refractivity contribution >= 4 is 23.2 Å². The van der Waals surface area contributed by atoms with Gasteiger partial charge in [-0.2, -0.15) is 0 Å². The zero-order chi connectivity index (χ0) is 22.2. The molecule has 4 rings (SSSR count). The fourth-order valence-corrected chi connectivity index (χ4v) is 9.30. The van der Waals surface area contributed by atoms with Crippen LogP contribution in [-0.4, -0.2) is 12.8 Å². The molecule has 0 spiro atoms. The molecule has 32 heavy (non-hydrogen) atoms. The van der Waals surface area contributed by atoms with E-state index in [4.69, 9.17) is 4.74 Å². The van der Waals surface area contributed by atoms with E-state index in [0.717, 1.165) is 25.1 Å². The molecule has 0 aliphatic heterocycles. The molecule has 0 aliphatic rings. The van der Waals surface area contributed by atoms with Gasteiger partial charge in [0.05, 0.1) is 0 Å². The standard InChI is InChI=1S/C28H27F2OP/c29-23-18-19-28(27(30)22-23)31-20-10-11-21-32(24-12-4-1-5-13-24,25-14-6-2-7-15-25)26-16-8-3-9-17-26/h1-9,12-19,22,32H,10-11,20-21H2. The monoisotopic (exact) mass is 448 g/mol. The summed E-state index contributed by atoms with van der Waals surface area (Å²) in [4.78, 5) is 0. The van der Waals surface area contributed by atoms with Crippen LogP contribution in [0.2, 0.25) is 0 Å². The zero-order valence-electron chi connectivity index (χ0n) is 17.9. The van der Waals surface area contributed by atoms with E-state index in [1.807, 2.05) is 0 Å². The summed E-state index contributed by atoms with van der Waals surface area (Å²) in [7, 11) is -2.25. The number of hydrogen-bond donors (Lipinski definition) is 0. The third-order valence-electron chi connectivity index (χ3n) is 5.90.